The Morgan fingerprint density at radius 3 is 2.67 bits per heavy atom. The largest absolute Gasteiger partial charge is 0.310 e. The lowest BCUT2D eigenvalue weighted by molar-refractivity contribution is 0.547. The van der Waals surface area contributed by atoms with E-state index in [4.69, 9.17) is 23.2 Å². The van der Waals surface area contributed by atoms with Gasteiger partial charge in [-0.05, 0) is 83.1 Å². The molecule has 0 aliphatic carbocycles. The van der Waals surface area contributed by atoms with Gasteiger partial charge in [-0.2, -0.15) is 0 Å². The Labute approximate surface area is 157 Å². The Hall–Kier alpha value is 0.190. The summed E-state index contributed by atoms with van der Waals surface area (Å²) in [6.07, 6.45) is 0.805. The maximum Gasteiger partial charge on any atom is 0.0439 e. The van der Waals surface area contributed by atoms with E-state index in [9.17, 15) is 0 Å². The zero-order valence-electron chi connectivity index (χ0n) is 11.5. The summed E-state index contributed by atoms with van der Waals surface area (Å²) in [4.78, 5) is 0. The van der Waals surface area contributed by atoms with Crippen LogP contribution in [0.3, 0.4) is 0 Å². The Morgan fingerprint density at radius 1 is 1.19 bits per heavy atom. The molecule has 0 aliphatic heterocycles. The highest BCUT2D eigenvalue weighted by atomic mass is 127. The topological polar surface area (TPSA) is 12.0 Å². The molecule has 2 aromatic rings. The molecule has 112 valence electrons. The molecule has 0 saturated carbocycles. The number of hydrogen-bond donors (Lipinski definition) is 1. The number of hydrogen-bond acceptors (Lipinski definition) is 1. The van der Waals surface area contributed by atoms with Gasteiger partial charge in [0.1, 0.15) is 0 Å². The lowest BCUT2D eigenvalue weighted by Gasteiger charge is -2.21. The molecule has 1 atom stereocenters. The quantitative estimate of drug-likeness (QED) is 0.480. The lowest BCUT2D eigenvalue weighted by Crippen LogP contribution is -2.24. The first-order chi connectivity index (χ1) is 10.0. The van der Waals surface area contributed by atoms with Crippen molar-refractivity contribution < 1.29 is 0 Å². The van der Waals surface area contributed by atoms with Crippen molar-refractivity contribution in [2.24, 2.45) is 0 Å². The molecule has 5 heteroatoms. The van der Waals surface area contributed by atoms with E-state index < -0.39 is 0 Å². The lowest BCUT2D eigenvalue weighted by atomic mass is 9.99. The number of rotatable bonds is 5. The van der Waals surface area contributed by atoms with Gasteiger partial charge in [0.15, 0.2) is 0 Å². The summed E-state index contributed by atoms with van der Waals surface area (Å²) in [5.41, 5.74) is 2.33. The van der Waals surface area contributed by atoms with Gasteiger partial charge in [0.2, 0.25) is 0 Å². The molecule has 21 heavy (non-hydrogen) atoms. The summed E-state index contributed by atoms with van der Waals surface area (Å²) < 4.78 is 2.32. The monoisotopic (exact) mass is 497 g/mol. The summed E-state index contributed by atoms with van der Waals surface area (Å²) in [5.74, 6) is 0. The van der Waals surface area contributed by atoms with E-state index in [1.165, 1.54) is 9.13 Å². The molecule has 0 bridgehead atoms. The van der Waals surface area contributed by atoms with Crippen molar-refractivity contribution in [2.75, 3.05) is 6.54 Å². The van der Waals surface area contributed by atoms with Gasteiger partial charge in [0.25, 0.3) is 0 Å². The molecule has 0 aromatic heterocycles. The molecule has 0 spiro atoms. The molecule has 0 heterocycles. The fourth-order valence-corrected chi connectivity index (χ4v) is 3.72. The predicted molar refractivity (Wildman–Crippen MR) is 103 cm³/mol. The van der Waals surface area contributed by atoms with Crippen LogP contribution in [0.2, 0.25) is 10.0 Å². The fourth-order valence-electron chi connectivity index (χ4n) is 2.24. The molecule has 0 fully saturated rings. The molecular weight excluding hydrogens is 484 g/mol. The summed E-state index contributed by atoms with van der Waals surface area (Å²) in [5, 5.41) is 5.01. The van der Waals surface area contributed by atoms with Crippen molar-refractivity contribution in [2.45, 2.75) is 19.4 Å². The van der Waals surface area contributed by atoms with E-state index in [1.807, 2.05) is 18.2 Å². The first-order valence-electron chi connectivity index (χ1n) is 6.63. The van der Waals surface area contributed by atoms with Crippen molar-refractivity contribution in [3.05, 3.63) is 65.6 Å². The highest BCUT2D eigenvalue weighted by molar-refractivity contribution is 14.1. The van der Waals surface area contributed by atoms with Gasteiger partial charge >= 0.3 is 0 Å². The van der Waals surface area contributed by atoms with Gasteiger partial charge in [-0.25, -0.2) is 0 Å². The number of likely N-dealkylation sites (N-methyl/N-ethyl adjacent to an activating group) is 1. The average Bonchev–Trinajstić information content (AvgIpc) is 2.45. The van der Waals surface area contributed by atoms with Crippen LogP contribution in [0, 0.1) is 3.57 Å². The van der Waals surface area contributed by atoms with Crippen LogP contribution in [0.25, 0.3) is 0 Å². The van der Waals surface area contributed by atoms with Crippen LogP contribution in [0.1, 0.15) is 24.1 Å². The first-order valence-corrected chi connectivity index (χ1v) is 9.26. The minimum Gasteiger partial charge on any atom is -0.310 e. The van der Waals surface area contributed by atoms with Crippen LogP contribution in [0.4, 0.5) is 0 Å². The van der Waals surface area contributed by atoms with E-state index in [0.717, 1.165) is 28.0 Å². The molecule has 2 aromatic carbocycles. The Morgan fingerprint density at radius 2 is 1.95 bits per heavy atom. The molecular formula is C16H15BrCl2IN. The molecule has 1 N–H and O–H groups in total. The maximum absolute atomic E-state index is 6.30. The summed E-state index contributed by atoms with van der Waals surface area (Å²) in [6, 6.07) is 12.2. The van der Waals surface area contributed by atoms with E-state index in [0.29, 0.717) is 5.02 Å². The van der Waals surface area contributed by atoms with E-state index in [1.54, 1.807) is 0 Å². The molecule has 0 radical (unpaired) electrons. The summed E-state index contributed by atoms with van der Waals surface area (Å²) in [7, 11) is 0. The van der Waals surface area contributed by atoms with Gasteiger partial charge in [0.05, 0.1) is 0 Å². The summed E-state index contributed by atoms with van der Waals surface area (Å²) >= 11 is 18.3. The third-order valence-electron chi connectivity index (χ3n) is 3.22. The van der Waals surface area contributed by atoms with Gasteiger partial charge < -0.3 is 5.32 Å². The van der Waals surface area contributed by atoms with Gasteiger partial charge in [-0.15, -0.1) is 0 Å². The Balaban J connectivity index is 2.35. The zero-order chi connectivity index (χ0) is 15.4. The van der Waals surface area contributed by atoms with Crippen LogP contribution in [0.5, 0.6) is 0 Å². The Kier molecular flexibility index (Phi) is 6.81. The number of benzene rings is 2. The van der Waals surface area contributed by atoms with Crippen molar-refractivity contribution in [1.82, 2.24) is 5.32 Å². The molecule has 0 amide bonds. The van der Waals surface area contributed by atoms with Gasteiger partial charge in [-0.3, -0.25) is 0 Å². The second kappa shape index (κ2) is 8.16. The smallest absolute Gasteiger partial charge is 0.0439 e. The third kappa shape index (κ3) is 4.83. The second-order valence-electron chi connectivity index (χ2n) is 4.72. The standard InChI is InChI=1S/C16H15BrCl2IN/c1-2-21-16(13-9-11(17)3-6-15(13)20)8-10-7-12(18)4-5-14(10)19/h3-7,9,16,21H,2,8H2,1H3. The minimum absolute atomic E-state index is 0.204. The Bertz CT molecular complexity index is 634. The van der Waals surface area contributed by atoms with Crippen LogP contribution >= 0.6 is 61.7 Å². The third-order valence-corrected chi connectivity index (χ3v) is 5.30. The molecule has 2 rings (SSSR count). The fraction of sp³-hybridized carbons (Fsp3) is 0.250. The van der Waals surface area contributed by atoms with Crippen LogP contribution in [0.15, 0.2) is 40.9 Å². The van der Waals surface area contributed by atoms with Crippen molar-refractivity contribution >= 4 is 61.7 Å². The van der Waals surface area contributed by atoms with Crippen molar-refractivity contribution in [3.8, 4) is 0 Å². The van der Waals surface area contributed by atoms with E-state index in [-0.39, 0.29) is 6.04 Å². The average molecular weight is 499 g/mol. The van der Waals surface area contributed by atoms with Crippen LogP contribution in [-0.4, -0.2) is 6.54 Å². The number of nitrogens with one attached hydrogen (secondary N) is 1. The zero-order valence-corrected chi connectivity index (χ0v) is 16.7. The minimum atomic E-state index is 0.204. The predicted octanol–water partition coefficient (Wildman–Crippen LogP) is 6.25. The first kappa shape index (κ1) is 17.5. The SMILES string of the molecule is CCNC(Cc1cc(Cl)ccc1Cl)c1cc(Br)ccc1I. The maximum atomic E-state index is 6.30. The number of halogens is 4. The van der Waals surface area contributed by atoms with Crippen LogP contribution < -0.4 is 5.32 Å². The van der Waals surface area contributed by atoms with Crippen LogP contribution in [-0.2, 0) is 6.42 Å². The van der Waals surface area contributed by atoms with Crippen molar-refractivity contribution in [3.63, 3.8) is 0 Å². The molecule has 1 nitrogen and oxygen atoms in total. The normalized spacial score (nSPS) is 12.4. The molecule has 0 aliphatic rings. The van der Waals surface area contributed by atoms with Gasteiger partial charge in [-0.1, -0.05) is 46.1 Å². The highest BCUT2D eigenvalue weighted by Crippen LogP contribution is 2.30. The van der Waals surface area contributed by atoms with E-state index in [2.05, 4.69) is 69.0 Å². The highest BCUT2D eigenvalue weighted by Gasteiger charge is 2.16. The molecule has 1 unspecified atom stereocenters. The molecule has 0 saturated heterocycles. The van der Waals surface area contributed by atoms with Crippen molar-refractivity contribution in [1.29, 1.82) is 0 Å². The second-order valence-corrected chi connectivity index (χ2v) is 7.64. The van der Waals surface area contributed by atoms with E-state index >= 15 is 0 Å². The summed E-state index contributed by atoms with van der Waals surface area (Å²) in [6.45, 7) is 3.00. The van der Waals surface area contributed by atoms with Gasteiger partial charge in [0, 0.05) is 24.1 Å².